The maximum absolute atomic E-state index is 3.96. The maximum atomic E-state index is 3.96. The van der Waals surface area contributed by atoms with E-state index in [4.69, 9.17) is 0 Å². The molecule has 0 spiro atoms. The Morgan fingerprint density at radius 2 is 1.93 bits per heavy atom. The topological polar surface area (TPSA) is 3.24 Å². The standard InChI is InChI=1S/C13H18N/c1-12-6-5-7-13(10-12)11-14-8-3-2-4-9-14/h5-7,10H,1-4,8-9,11H2. The van der Waals surface area contributed by atoms with Crippen molar-refractivity contribution < 1.29 is 0 Å². The van der Waals surface area contributed by atoms with E-state index >= 15 is 0 Å². The quantitative estimate of drug-likeness (QED) is 0.690. The van der Waals surface area contributed by atoms with Crippen LogP contribution >= 0.6 is 0 Å². The number of rotatable bonds is 2. The molecule has 2 rings (SSSR count). The van der Waals surface area contributed by atoms with Crippen molar-refractivity contribution in [3.8, 4) is 0 Å². The van der Waals surface area contributed by atoms with Crippen LogP contribution in [0.25, 0.3) is 0 Å². The van der Waals surface area contributed by atoms with Gasteiger partial charge in [-0.1, -0.05) is 30.7 Å². The normalized spacial score (nSPS) is 18.4. The number of likely N-dealkylation sites (tertiary alicyclic amines) is 1. The zero-order chi connectivity index (χ0) is 9.80. The van der Waals surface area contributed by atoms with Gasteiger partial charge in [0.15, 0.2) is 0 Å². The van der Waals surface area contributed by atoms with Gasteiger partial charge >= 0.3 is 0 Å². The van der Waals surface area contributed by atoms with Gasteiger partial charge in [0, 0.05) is 6.54 Å². The lowest BCUT2D eigenvalue weighted by molar-refractivity contribution is 0.221. The lowest BCUT2D eigenvalue weighted by atomic mass is 10.1. The van der Waals surface area contributed by atoms with E-state index in [1.165, 1.54) is 37.9 Å². The summed E-state index contributed by atoms with van der Waals surface area (Å²) in [6, 6.07) is 8.54. The van der Waals surface area contributed by atoms with Gasteiger partial charge in [-0.2, -0.15) is 0 Å². The number of hydrogen-bond donors (Lipinski definition) is 0. The van der Waals surface area contributed by atoms with Gasteiger partial charge in [-0.3, -0.25) is 4.90 Å². The molecule has 1 aromatic carbocycles. The van der Waals surface area contributed by atoms with Crippen molar-refractivity contribution in [2.75, 3.05) is 13.1 Å². The van der Waals surface area contributed by atoms with E-state index in [2.05, 4.69) is 36.1 Å². The molecule has 14 heavy (non-hydrogen) atoms. The van der Waals surface area contributed by atoms with Crippen LogP contribution in [0.1, 0.15) is 30.4 Å². The minimum absolute atomic E-state index is 1.10. The van der Waals surface area contributed by atoms with Gasteiger partial charge in [0.2, 0.25) is 0 Å². The molecule has 0 aromatic heterocycles. The fourth-order valence-electron chi connectivity index (χ4n) is 2.10. The molecule has 1 nitrogen and oxygen atoms in total. The Morgan fingerprint density at radius 1 is 1.14 bits per heavy atom. The summed E-state index contributed by atoms with van der Waals surface area (Å²) in [5.74, 6) is 0. The van der Waals surface area contributed by atoms with E-state index in [1.807, 2.05) is 0 Å². The SMILES string of the molecule is [CH2]c1cccc(CN2CCCCC2)c1. The second-order valence-electron chi connectivity index (χ2n) is 4.16. The Morgan fingerprint density at radius 3 is 2.64 bits per heavy atom. The van der Waals surface area contributed by atoms with Crippen LogP contribution in [-0.2, 0) is 6.54 Å². The average Bonchev–Trinajstić information content (AvgIpc) is 2.19. The monoisotopic (exact) mass is 188 g/mol. The van der Waals surface area contributed by atoms with Gasteiger partial charge in [0.1, 0.15) is 0 Å². The molecule has 1 radical (unpaired) electrons. The highest BCUT2D eigenvalue weighted by atomic mass is 15.1. The third kappa shape index (κ3) is 2.58. The van der Waals surface area contributed by atoms with Crippen LogP contribution < -0.4 is 0 Å². The van der Waals surface area contributed by atoms with E-state index in [0.717, 1.165) is 12.1 Å². The molecule has 1 fully saturated rings. The first kappa shape index (κ1) is 9.72. The van der Waals surface area contributed by atoms with E-state index < -0.39 is 0 Å². The molecule has 0 bridgehead atoms. The first-order chi connectivity index (χ1) is 6.84. The molecule has 0 unspecified atom stereocenters. The zero-order valence-corrected chi connectivity index (χ0v) is 8.71. The predicted molar refractivity (Wildman–Crippen MR) is 60.0 cm³/mol. The van der Waals surface area contributed by atoms with Gasteiger partial charge in [-0.25, -0.2) is 0 Å². The molecule has 0 N–H and O–H groups in total. The summed E-state index contributed by atoms with van der Waals surface area (Å²) >= 11 is 0. The molecular formula is C13H18N. The Kier molecular flexibility index (Phi) is 3.20. The Balaban J connectivity index is 1.95. The first-order valence-corrected chi connectivity index (χ1v) is 5.48. The van der Waals surface area contributed by atoms with Gasteiger partial charge < -0.3 is 0 Å². The third-order valence-electron chi connectivity index (χ3n) is 2.85. The third-order valence-corrected chi connectivity index (χ3v) is 2.85. The van der Waals surface area contributed by atoms with Crippen molar-refractivity contribution in [1.82, 2.24) is 4.90 Å². The first-order valence-electron chi connectivity index (χ1n) is 5.48. The van der Waals surface area contributed by atoms with Crippen LogP contribution in [0.2, 0.25) is 0 Å². The van der Waals surface area contributed by atoms with Crippen LogP contribution in [0.4, 0.5) is 0 Å². The highest BCUT2D eigenvalue weighted by molar-refractivity contribution is 5.25. The van der Waals surface area contributed by atoms with Gasteiger partial charge in [-0.15, -0.1) is 0 Å². The Bertz CT molecular complexity index is 287. The lowest BCUT2D eigenvalue weighted by Crippen LogP contribution is -2.29. The minimum Gasteiger partial charge on any atom is -0.299 e. The number of piperidine rings is 1. The molecule has 0 atom stereocenters. The van der Waals surface area contributed by atoms with Crippen LogP contribution in [0, 0.1) is 6.92 Å². The molecule has 1 saturated heterocycles. The summed E-state index contributed by atoms with van der Waals surface area (Å²) in [6.45, 7) is 7.59. The van der Waals surface area contributed by atoms with Gasteiger partial charge in [0.05, 0.1) is 0 Å². The molecule has 1 aliphatic rings. The maximum Gasteiger partial charge on any atom is 0.0233 e. The van der Waals surface area contributed by atoms with Crippen LogP contribution in [0.15, 0.2) is 24.3 Å². The van der Waals surface area contributed by atoms with Gasteiger partial charge in [-0.05, 0) is 44.0 Å². The second-order valence-corrected chi connectivity index (χ2v) is 4.16. The number of hydrogen-bond acceptors (Lipinski definition) is 1. The lowest BCUT2D eigenvalue weighted by Gasteiger charge is -2.26. The zero-order valence-electron chi connectivity index (χ0n) is 8.71. The van der Waals surface area contributed by atoms with Crippen molar-refractivity contribution in [1.29, 1.82) is 0 Å². The summed E-state index contributed by atoms with van der Waals surface area (Å²) in [4.78, 5) is 2.54. The van der Waals surface area contributed by atoms with E-state index in [-0.39, 0.29) is 0 Å². The van der Waals surface area contributed by atoms with E-state index in [1.54, 1.807) is 0 Å². The number of benzene rings is 1. The van der Waals surface area contributed by atoms with E-state index in [9.17, 15) is 0 Å². The summed E-state index contributed by atoms with van der Waals surface area (Å²) in [5.41, 5.74) is 2.53. The fourth-order valence-corrected chi connectivity index (χ4v) is 2.10. The largest absolute Gasteiger partial charge is 0.299 e. The fraction of sp³-hybridized carbons (Fsp3) is 0.462. The molecule has 1 aliphatic heterocycles. The van der Waals surface area contributed by atoms with Crippen LogP contribution in [0.5, 0.6) is 0 Å². The van der Waals surface area contributed by atoms with Crippen molar-refractivity contribution in [3.05, 3.63) is 42.3 Å². The molecule has 1 heteroatoms. The summed E-state index contributed by atoms with van der Waals surface area (Å²) in [5, 5.41) is 0. The Labute approximate surface area is 86.7 Å². The highest BCUT2D eigenvalue weighted by Gasteiger charge is 2.09. The highest BCUT2D eigenvalue weighted by Crippen LogP contribution is 2.13. The molecule has 1 heterocycles. The van der Waals surface area contributed by atoms with Gasteiger partial charge in [0.25, 0.3) is 0 Å². The van der Waals surface area contributed by atoms with Crippen LogP contribution in [0.3, 0.4) is 0 Å². The molecule has 0 amide bonds. The van der Waals surface area contributed by atoms with Crippen molar-refractivity contribution in [2.24, 2.45) is 0 Å². The minimum atomic E-state index is 1.10. The molecule has 75 valence electrons. The number of nitrogens with zero attached hydrogens (tertiary/aromatic N) is 1. The molecular weight excluding hydrogens is 170 g/mol. The summed E-state index contributed by atoms with van der Waals surface area (Å²) in [6.07, 6.45) is 4.14. The van der Waals surface area contributed by atoms with E-state index in [0.29, 0.717) is 0 Å². The van der Waals surface area contributed by atoms with Crippen molar-refractivity contribution in [3.63, 3.8) is 0 Å². The van der Waals surface area contributed by atoms with Crippen molar-refractivity contribution in [2.45, 2.75) is 25.8 Å². The van der Waals surface area contributed by atoms with Crippen molar-refractivity contribution >= 4 is 0 Å². The second kappa shape index (κ2) is 4.61. The molecule has 0 saturated carbocycles. The summed E-state index contributed by atoms with van der Waals surface area (Å²) < 4.78 is 0. The Hall–Kier alpha value is -0.820. The predicted octanol–water partition coefficient (Wildman–Crippen LogP) is 2.85. The van der Waals surface area contributed by atoms with Crippen LogP contribution in [-0.4, -0.2) is 18.0 Å². The summed E-state index contributed by atoms with van der Waals surface area (Å²) in [7, 11) is 0. The average molecular weight is 188 g/mol. The molecule has 1 aromatic rings. The smallest absolute Gasteiger partial charge is 0.0233 e. The molecule has 0 aliphatic carbocycles.